The van der Waals surface area contributed by atoms with Crippen LogP contribution in [0.4, 0.5) is 5.69 Å². The van der Waals surface area contributed by atoms with Crippen molar-refractivity contribution >= 4 is 23.2 Å². The molecule has 1 N–H and O–H groups in total. The fraction of sp³-hybridized carbons (Fsp3) is 0.100. The summed E-state index contributed by atoms with van der Waals surface area (Å²) in [5.41, 5.74) is 0.920. The Morgan fingerprint density at radius 3 is 2.64 bits per heavy atom. The van der Waals surface area contributed by atoms with Crippen LogP contribution >= 0.6 is 0 Å². The molecule has 0 radical (unpaired) electrons. The average molecular weight is 189 g/mol. The Labute approximate surface area is 79.9 Å². The fourth-order valence-corrected chi connectivity index (χ4v) is 1.49. The van der Waals surface area contributed by atoms with Crippen LogP contribution in [0.3, 0.4) is 0 Å². The molecule has 0 aliphatic carbocycles. The zero-order valence-corrected chi connectivity index (χ0v) is 7.46. The first-order valence-electron chi connectivity index (χ1n) is 4.11. The van der Waals surface area contributed by atoms with Crippen LogP contribution < -0.4 is 5.32 Å². The minimum Gasteiger partial charge on any atom is -0.318 e. The number of hydrogen-bond acceptors (Lipinski definition) is 3. The highest BCUT2D eigenvalue weighted by Crippen LogP contribution is 2.26. The Balaban J connectivity index is 2.70. The number of benzene rings is 1. The van der Waals surface area contributed by atoms with Crippen molar-refractivity contribution in [3.8, 4) is 0 Å². The van der Waals surface area contributed by atoms with E-state index in [0.717, 1.165) is 0 Å². The third-order valence-electron chi connectivity index (χ3n) is 2.13. The number of nitrogens with one attached hydrogen (secondary N) is 1. The zero-order valence-electron chi connectivity index (χ0n) is 7.46. The molecule has 0 atom stereocenters. The summed E-state index contributed by atoms with van der Waals surface area (Å²) in [6.07, 6.45) is 0. The van der Waals surface area contributed by atoms with Crippen LogP contribution in [0, 0.1) is 0 Å². The van der Waals surface area contributed by atoms with Crippen LogP contribution in [0.5, 0.6) is 0 Å². The lowest BCUT2D eigenvalue weighted by Gasteiger charge is -2.00. The van der Waals surface area contributed by atoms with Gasteiger partial charge in [-0.25, -0.2) is 0 Å². The highest BCUT2D eigenvalue weighted by atomic mass is 16.2. The Morgan fingerprint density at radius 1 is 1.29 bits per heavy atom. The van der Waals surface area contributed by atoms with Crippen molar-refractivity contribution < 1.29 is 14.4 Å². The Morgan fingerprint density at radius 2 is 2.00 bits per heavy atom. The van der Waals surface area contributed by atoms with E-state index in [4.69, 9.17) is 0 Å². The van der Waals surface area contributed by atoms with Crippen molar-refractivity contribution in [2.24, 2.45) is 0 Å². The van der Waals surface area contributed by atoms with E-state index in [0.29, 0.717) is 11.3 Å². The number of rotatable bonds is 1. The van der Waals surface area contributed by atoms with Gasteiger partial charge in [-0.05, 0) is 13.0 Å². The van der Waals surface area contributed by atoms with Gasteiger partial charge in [-0.2, -0.15) is 0 Å². The molecule has 0 fully saturated rings. The zero-order chi connectivity index (χ0) is 10.3. The molecule has 2 rings (SSSR count). The molecule has 0 bridgehead atoms. The molecular weight excluding hydrogens is 182 g/mol. The smallest absolute Gasteiger partial charge is 0.296 e. The van der Waals surface area contributed by atoms with E-state index in [9.17, 15) is 14.4 Å². The summed E-state index contributed by atoms with van der Waals surface area (Å²) < 4.78 is 0. The fourth-order valence-electron chi connectivity index (χ4n) is 1.49. The summed E-state index contributed by atoms with van der Waals surface area (Å²) in [5, 5.41) is 2.40. The topological polar surface area (TPSA) is 63.2 Å². The standard InChI is InChI=1S/C10H7NO3/c1-5(12)6-3-2-4-7-8(6)9(13)10(14)11-7/h2-4H,1H3,(H,11,13,14). The second kappa shape index (κ2) is 2.77. The van der Waals surface area contributed by atoms with Crippen LogP contribution in [-0.2, 0) is 4.79 Å². The largest absolute Gasteiger partial charge is 0.318 e. The molecule has 1 aliphatic heterocycles. The van der Waals surface area contributed by atoms with Crippen molar-refractivity contribution in [3.05, 3.63) is 29.3 Å². The third-order valence-corrected chi connectivity index (χ3v) is 2.13. The van der Waals surface area contributed by atoms with Crippen LogP contribution in [0.25, 0.3) is 0 Å². The number of anilines is 1. The number of ketones is 2. The average Bonchev–Trinajstić information content (AvgIpc) is 2.43. The molecule has 0 unspecified atom stereocenters. The molecule has 4 heteroatoms. The molecule has 0 spiro atoms. The molecule has 1 amide bonds. The number of Topliss-reactive ketones (excluding diaryl/α,β-unsaturated/α-hetero) is 2. The van der Waals surface area contributed by atoms with Gasteiger partial charge in [0.15, 0.2) is 5.78 Å². The van der Waals surface area contributed by atoms with Gasteiger partial charge in [-0.3, -0.25) is 14.4 Å². The van der Waals surface area contributed by atoms with Gasteiger partial charge in [-0.15, -0.1) is 0 Å². The van der Waals surface area contributed by atoms with Gasteiger partial charge >= 0.3 is 0 Å². The minimum atomic E-state index is -0.673. The maximum absolute atomic E-state index is 11.4. The maximum atomic E-state index is 11.4. The van der Waals surface area contributed by atoms with Crippen LogP contribution in [0.2, 0.25) is 0 Å². The van der Waals surface area contributed by atoms with Crippen molar-refractivity contribution in [2.45, 2.75) is 6.92 Å². The second-order valence-corrected chi connectivity index (χ2v) is 3.07. The predicted molar refractivity (Wildman–Crippen MR) is 49.4 cm³/mol. The monoisotopic (exact) mass is 189 g/mol. The Hall–Kier alpha value is -1.97. The van der Waals surface area contributed by atoms with Crippen molar-refractivity contribution in [2.75, 3.05) is 5.32 Å². The van der Waals surface area contributed by atoms with Crippen LogP contribution in [-0.4, -0.2) is 17.5 Å². The Bertz CT molecular complexity index is 462. The molecule has 0 saturated carbocycles. The molecule has 0 aromatic heterocycles. The van der Waals surface area contributed by atoms with Crippen molar-refractivity contribution in [3.63, 3.8) is 0 Å². The van der Waals surface area contributed by atoms with Crippen molar-refractivity contribution in [1.82, 2.24) is 0 Å². The Kier molecular flexibility index (Phi) is 1.70. The van der Waals surface area contributed by atoms with Gasteiger partial charge in [0.2, 0.25) is 0 Å². The van der Waals surface area contributed by atoms with E-state index in [1.54, 1.807) is 18.2 Å². The summed E-state index contributed by atoms with van der Waals surface area (Å²) in [6, 6.07) is 4.78. The second-order valence-electron chi connectivity index (χ2n) is 3.07. The summed E-state index contributed by atoms with van der Waals surface area (Å²) in [6.45, 7) is 1.37. The van der Waals surface area contributed by atoms with E-state index < -0.39 is 11.7 Å². The highest BCUT2D eigenvalue weighted by molar-refractivity contribution is 6.52. The van der Waals surface area contributed by atoms with Gasteiger partial charge in [0.05, 0.1) is 11.3 Å². The summed E-state index contributed by atoms with van der Waals surface area (Å²) >= 11 is 0. The first-order valence-corrected chi connectivity index (χ1v) is 4.11. The van der Waals surface area contributed by atoms with Gasteiger partial charge in [-0.1, -0.05) is 12.1 Å². The maximum Gasteiger partial charge on any atom is 0.296 e. The van der Waals surface area contributed by atoms with Gasteiger partial charge in [0.25, 0.3) is 11.7 Å². The highest BCUT2D eigenvalue weighted by Gasteiger charge is 2.31. The summed E-state index contributed by atoms with van der Waals surface area (Å²) in [5.74, 6) is -1.52. The van der Waals surface area contributed by atoms with Gasteiger partial charge in [0.1, 0.15) is 0 Å². The first kappa shape index (κ1) is 8.62. The van der Waals surface area contributed by atoms with E-state index in [1.165, 1.54) is 6.92 Å². The van der Waals surface area contributed by atoms with E-state index in [1.807, 2.05) is 0 Å². The molecule has 1 aliphatic rings. The first-order chi connectivity index (χ1) is 6.61. The number of carbonyl (C=O) groups excluding carboxylic acids is 3. The number of fused-ring (bicyclic) bond motifs is 1. The van der Waals surface area contributed by atoms with E-state index >= 15 is 0 Å². The van der Waals surface area contributed by atoms with Crippen LogP contribution in [0.1, 0.15) is 27.6 Å². The quantitative estimate of drug-likeness (QED) is 0.530. The molecule has 70 valence electrons. The van der Waals surface area contributed by atoms with Crippen LogP contribution in [0.15, 0.2) is 18.2 Å². The van der Waals surface area contributed by atoms with E-state index in [-0.39, 0.29) is 11.3 Å². The lowest BCUT2D eigenvalue weighted by atomic mass is 10.0. The number of carbonyl (C=O) groups is 3. The number of amides is 1. The molecule has 0 saturated heterocycles. The van der Waals surface area contributed by atoms with E-state index in [2.05, 4.69) is 5.32 Å². The molecule has 1 aromatic carbocycles. The summed E-state index contributed by atoms with van der Waals surface area (Å²) in [7, 11) is 0. The SMILES string of the molecule is CC(=O)c1cccc2c1C(=O)C(=O)N2. The molecular formula is C10H7NO3. The van der Waals surface area contributed by atoms with Gasteiger partial charge in [0, 0.05) is 5.56 Å². The normalized spacial score (nSPS) is 13.8. The molecule has 1 aromatic rings. The summed E-state index contributed by atoms with van der Waals surface area (Å²) in [4.78, 5) is 33.6. The molecule has 14 heavy (non-hydrogen) atoms. The number of hydrogen-bond donors (Lipinski definition) is 1. The lowest BCUT2D eigenvalue weighted by molar-refractivity contribution is -0.112. The van der Waals surface area contributed by atoms with Gasteiger partial charge < -0.3 is 5.32 Å². The third kappa shape index (κ3) is 1.04. The van der Waals surface area contributed by atoms with Crippen molar-refractivity contribution in [1.29, 1.82) is 0 Å². The predicted octanol–water partition coefficient (Wildman–Crippen LogP) is 1.02. The molecule has 4 nitrogen and oxygen atoms in total. The lowest BCUT2D eigenvalue weighted by Crippen LogP contribution is -2.13. The minimum absolute atomic E-state index is 0.199. The molecule has 1 heterocycles.